The average Bonchev–Trinajstić information content (AvgIpc) is 2.91. The Balaban J connectivity index is 2.00. The van der Waals surface area contributed by atoms with Crippen molar-refractivity contribution in [3.05, 3.63) is 42.9 Å². The first-order chi connectivity index (χ1) is 9.65. The quantitative estimate of drug-likeness (QED) is 0.739. The molecule has 0 radical (unpaired) electrons. The van der Waals surface area contributed by atoms with E-state index < -0.39 is 0 Å². The van der Waals surface area contributed by atoms with Gasteiger partial charge in [-0.2, -0.15) is 5.10 Å². The number of anilines is 1. The Labute approximate surface area is 117 Å². The number of nitrogens with two attached hydrogens (primary N) is 1. The predicted molar refractivity (Wildman–Crippen MR) is 78.8 cm³/mol. The van der Waals surface area contributed by atoms with E-state index in [0.29, 0.717) is 17.5 Å². The van der Waals surface area contributed by atoms with Crippen molar-refractivity contribution in [1.82, 2.24) is 14.8 Å². The normalized spacial score (nSPS) is 11.2. The van der Waals surface area contributed by atoms with Crippen molar-refractivity contribution in [3.63, 3.8) is 0 Å². The van der Waals surface area contributed by atoms with Gasteiger partial charge in [0.2, 0.25) is 0 Å². The smallest absolute Gasteiger partial charge is 0.165 e. The molecule has 0 saturated carbocycles. The lowest BCUT2D eigenvalue weighted by atomic mass is 10.2. The Kier molecular flexibility index (Phi) is 3.02. The van der Waals surface area contributed by atoms with E-state index in [0.717, 1.165) is 16.7 Å². The zero-order valence-electron chi connectivity index (χ0n) is 11.4. The highest BCUT2D eigenvalue weighted by Crippen LogP contribution is 2.31. The SMILES string of the molecule is CC(C)n1cc(Oc2ccc(N)c3ncccc23)cn1. The summed E-state index contributed by atoms with van der Waals surface area (Å²) in [4.78, 5) is 4.29. The molecule has 0 amide bonds. The minimum Gasteiger partial charge on any atom is -0.453 e. The van der Waals surface area contributed by atoms with Gasteiger partial charge in [-0.05, 0) is 38.1 Å². The number of hydrogen-bond donors (Lipinski definition) is 1. The molecule has 1 aromatic carbocycles. The molecule has 0 atom stereocenters. The monoisotopic (exact) mass is 268 g/mol. The molecule has 2 aromatic heterocycles. The minimum atomic E-state index is 0.303. The summed E-state index contributed by atoms with van der Waals surface area (Å²) >= 11 is 0. The first kappa shape index (κ1) is 12.5. The van der Waals surface area contributed by atoms with Crippen molar-refractivity contribution in [1.29, 1.82) is 0 Å². The Morgan fingerprint density at radius 2 is 2.10 bits per heavy atom. The van der Waals surface area contributed by atoms with E-state index in [1.54, 1.807) is 18.5 Å². The Bertz CT molecular complexity index is 748. The molecule has 2 N–H and O–H groups in total. The van der Waals surface area contributed by atoms with Crippen LogP contribution in [0.25, 0.3) is 10.9 Å². The highest BCUT2D eigenvalue weighted by Gasteiger charge is 2.09. The molecule has 102 valence electrons. The van der Waals surface area contributed by atoms with Gasteiger partial charge in [-0.1, -0.05) is 0 Å². The van der Waals surface area contributed by atoms with Crippen molar-refractivity contribution in [2.45, 2.75) is 19.9 Å². The lowest BCUT2D eigenvalue weighted by molar-refractivity contribution is 0.482. The predicted octanol–water partition coefficient (Wildman–Crippen LogP) is 3.39. The largest absolute Gasteiger partial charge is 0.453 e. The Hall–Kier alpha value is -2.56. The summed E-state index contributed by atoms with van der Waals surface area (Å²) < 4.78 is 7.75. The highest BCUT2D eigenvalue weighted by atomic mass is 16.5. The van der Waals surface area contributed by atoms with E-state index in [1.807, 2.05) is 29.1 Å². The van der Waals surface area contributed by atoms with Gasteiger partial charge in [-0.3, -0.25) is 9.67 Å². The zero-order valence-corrected chi connectivity index (χ0v) is 11.4. The molecule has 0 spiro atoms. The van der Waals surface area contributed by atoms with Crippen LogP contribution in [0.3, 0.4) is 0 Å². The zero-order chi connectivity index (χ0) is 14.1. The molecular weight excluding hydrogens is 252 g/mol. The maximum atomic E-state index is 5.93. The maximum Gasteiger partial charge on any atom is 0.165 e. The van der Waals surface area contributed by atoms with E-state index in [1.165, 1.54) is 0 Å². The lowest BCUT2D eigenvalue weighted by Gasteiger charge is -2.08. The summed E-state index contributed by atoms with van der Waals surface area (Å²) in [6.07, 6.45) is 5.31. The van der Waals surface area contributed by atoms with Crippen LogP contribution in [0.5, 0.6) is 11.5 Å². The fraction of sp³-hybridized carbons (Fsp3) is 0.200. The molecule has 0 saturated heterocycles. The number of benzene rings is 1. The first-order valence-corrected chi connectivity index (χ1v) is 6.50. The van der Waals surface area contributed by atoms with Gasteiger partial charge in [0.1, 0.15) is 5.75 Å². The maximum absolute atomic E-state index is 5.93. The fourth-order valence-corrected chi connectivity index (χ4v) is 2.04. The summed E-state index contributed by atoms with van der Waals surface area (Å²) in [6, 6.07) is 7.77. The van der Waals surface area contributed by atoms with Gasteiger partial charge in [-0.25, -0.2) is 0 Å². The molecule has 5 nitrogen and oxygen atoms in total. The number of rotatable bonds is 3. The minimum absolute atomic E-state index is 0.303. The summed E-state index contributed by atoms with van der Waals surface area (Å²) in [5, 5.41) is 5.15. The van der Waals surface area contributed by atoms with Crippen LogP contribution in [0, 0.1) is 0 Å². The molecule has 5 heteroatoms. The van der Waals surface area contributed by atoms with Crippen LogP contribution in [-0.4, -0.2) is 14.8 Å². The van der Waals surface area contributed by atoms with E-state index in [4.69, 9.17) is 10.5 Å². The molecular formula is C15H16N4O. The van der Waals surface area contributed by atoms with E-state index >= 15 is 0 Å². The number of ether oxygens (including phenoxy) is 1. The molecule has 0 unspecified atom stereocenters. The van der Waals surface area contributed by atoms with Crippen LogP contribution in [0.15, 0.2) is 42.9 Å². The second-order valence-electron chi connectivity index (χ2n) is 4.90. The van der Waals surface area contributed by atoms with Gasteiger partial charge in [0.25, 0.3) is 0 Å². The number of nitrogen functional groups attached to an aromatic ring is 1. The van der Waals surface area contributed by atoms with Crippen molar-refractivity contribution in [2.24, 2.45) is 0 Å². The average molecular weight is 268 g/mol. The van der Waals surface area contributed by atoms with Crippen molar-refractivity contribution >= 4 is 16.6 Å². The van der Waals surface area contributed by atoms with Crippen molar-refractivity contribution in [3.8, 4) is 11.5 Å². The van der Waals surface area contributed by atoms with Crippen LogP contribution in [-0.2, 0) is 0 Å². The van der Waals surface area contributed by atoms with E-state index in [-0.39, 0.29) is 0 Å². The third kappa shape index (κ3) is 2.18. The summed E-state index contributed by atoms with van der Waals surface area (Å²) in [5.41, 5.74) is 7.32. The van der Waals surface area contributed by atoms with Crippen molar-refractivity contribution < 1.29 is 4.74 Å². The molecule has 0 fully saturated rings. The van der Waals surface area contributed by atoms with E-state index in [9.17, 15) is 0 Å². The third-order valence-electron chi connectivity index (χ3n) is 3.10. The van der Waals surface area contributed by atoms with Crippen molar-refractivity contribution in [2.75, 3.05) is 5.73 Å². The number of hydrogen-bond acceptors (Lipinski definition) is 4. The van der Waals surface area contributed by atoms with Gasteiger partial charge >= 0.3 is 0 Å². The molecule has 0 aliphatic carbocycles. The second-order valence-corrected chi connectivity index (χ2v) is 4.90. The van der Waals surface area contributed by atoms with Crippen LogP contribution in [0.2, 0.25) is 0 Å². The highest BCUT2D eigenvalue weighted by molar-refractivity contribution is 5.93. The summed E-state index contributed by atoms with van der Waals surface area (Å²) in [6.45, 7) is 4.14. The van der Waals surface area contributed by atoms with Gasteiger partial charge in [0.15, 0.2) is 5.75 Å². The standard InChI is InChI=1S/C15H16N4O/c1-10(2)19-9-11(8-18-19)20-14-6-5-13(16)15-12(14)4-3-7-17-15/h3-10H,16H2,1-2H3. The first-order valence-electron chi connectivity index (χ1n) is 6.50. The van der Waals surface area contributed by atoms with Crippen LogP contribution >= 0.6 is 0 Å². The van der Waals surface area contributed by atoms with Gasteiger partial charge in [0.05, 0.1) is 23.6 Å². The number of nitrogens with zero attached hydrogens (tertiary/aromatic N) is 3. The molecule has 0 aliphatic heterocycles. The third-order valence-corrected chi connectivity index (χ3v) is 3.10. The van der Waals surface area contributed by atoms with Crippen LogP contribution in [0.1, 0.15) is 19.9 Å². The van der Waals surface area contributed by atoms with Crippen LogP contribution < -0.4 is 10.5 Å². The molecule has 2 heterocycles. The van der Waals surface area contributed by atoms with Crippen LogP contribution in [0.4, 0.5) is 5.69 Å². The Morgan fingerprint density at radius 1 is 1.25 bits per heavy atom. The molecule has 0 aliphatic rings. The van der Waals surface area contributed by atoms with Gasteiger partial charge < -0.3 is 10.5 Å². The number of pyridine rings is 1. The van der Waals surface area contributed by atoms with Gasteiger partial charge in [0, 0.05) is 17.6 Å². The van der Waals surface area contributed by atoms with Gasteiger partial charge in [-0.15, -0.1) is 0 Å². The molecule has 3 aromatic rings. The fourth-order valence-electron chi connectivity index (χ4n) is 2.04. The molecule has 0 bridgehead atoms. The lowest BCUT2D eigenvalue weighted by Crippen LogP contribution is -1.99. The summed E-state index contributed by atoms with van der Waals surface area (Å²) in [5.74, 6) is 1.43. The molecule has 20 heavy (non-hydrogen) atoms. The van der Waals surface area contributed by atoms with E-state index in [2.05, 4.69) is 23.9 Å². The number of fused-ring (bicyclic) bond motifs is 1. The number of aromatic nitrogens is 3. The topological polar surface area (TPSA) is 66.0 Å². The second kappa shape index (κ2) is 4.85. The summed E-state index contributed by atoms with van der Waals surface area (Å²) in [7, 11) is 0. The molecule has 3 rings (SSSR count). The Morgan fingerprint density at radius 3 is 2.85 bits per heavy atom.